The van der Waals surface area contributed by atoms with Gasteiger partial charge in [-0.2, -0.15) is 0 Å². The van der Waals surface area contributed by atoms with E-state index in [-0.39, 0.29) is 5.97 Å². The van der Waals surface area contributed by atoms with Crippen molar-refractivity contribution in [2.75, 3.05) is 0 Å². The van der Waals surface area contributed by atoms with Gasteiger partial charge in [-0.3, -0.25) is 0 Å². The van der Waals surface area contributed by atoms with Gasteiger partial charge in [-0.1, -0.05) is 37.3 Å². The Kier molecular flexibility index (Phi) is 4.48. The fraction of sp³-hybridized carbons (Fsp3) is 0.167. The lowest BCUT2D eigenvalue weighted by molar-refractivity contribution is -0.134. The SMILES string of the molecule is CC[CH]OC(=O)/C=C/c1ccccc1. The van der Waals surface area contributed by atoms with Crippen molar-refractivity contribution in [3.05, 3.63) is 48.6 Å². The van der Waals surface area contributed by atoms with Gasteiger partial charge in [0.25, 0.3) is 0 Å². The number of hydrogen-bond donors (Lipinski definition) is 0. The smallest absolute Gasteiger partial charge is 0.331 e. The lowest BCUT2D eigenvalue weighted by Crippen LogP contribution is -1.96. The summed E-state index contributed by atoms with van der Waals surface area (Å²) in [5.41, 5.74) is 0.987. The molecular formula is C12H13O2. The second-order valence-electron chi connectivity index (χ2n) is 2.76. The first-order valence-electron chi connectivity index (χ1n) is 4.58. The van der Waals surface area contributed by atoms with Crippen molar-refractivity contribution < 1.29 is 9.53 Å². The highest BCUT2D eigenvalue weighted by Gasteiger charge is 1.94. The molecule has 1 radical (unpaired) electrons. The highest BCUT2D eigenvalue weighted by molar-refractivity contribution is 5.87. The van der Waals surface area contributed by atoms with Crippen LogP contribution >= 0.6 is 0 Å². The Balaban J connectivity index is 2.44. The van der Waals surface area contributed by atoms with Crippen molar-refractivity contribution in [1.29, 1.82) is 0 Å². The van der Waals surface area contributed by atoms with Gasteiger partial charge in [0.1, 0.15) is 6.61 Å². The van der Waals surface area contributed by atoms with Crippen LogP contribution in [0.2, 0.25) is 0 Å². The molecule has 2 heteroatoms. The van der Waals surface area contributed by atoms with Crippen molar-refractivity contribution in [1.82, 2.24) is 0 Å². The molecule has 1 rings (SSSR count). The minimum atomic E-state index is -0.337. The van der Waals surface area contributed by atoms with Gasteiger partial charge in [-0.15, -0.1) is 0 Å². The molecule has 0 aliphatic rings. The van der Waals surface area contributed by atoms with Crippen LogP contribution < -0.4 is 0 Å². The zero-order valence-corrected chi connectivity index (χ0v) is 8.14. The van der Waals surface area contributed by atoms with Gasteiger partial charge in [0.2, 0.25) is 0 Å². The molecule has 0 aliphatic carbocycles. The zero-order valence-electron chi connectivity index (χ0n) is 8.14. The van der Waals surface area contributed by atoms with E-state index in [9.17, 15) is 4.79 Å². The quantitative estimate of drug-likeness (QED) is 0.537. The van der Waals surface area contributed by atoms with Crippen LogP contribution in [0.5, 0.6) is 0 Å². The third-order valence-corrected chi connectivity index (χ3v) is 1.58. The summed E-state index contributed by atoms with van der Waals surface area (Å²) in [6, 6.07) is 9.62. The summed E-state index contributed by atoms with van der Waals surface area (Å²) in [4.78, 5) is 11.0. The van der Waals surface area contributed by atoms with Crippen LogP contribution in [0.15, 0.2) is 36.4 Å². The lowest BCUT2D eigenvalue weighted by Gasteiger charge is -1.96. The van der Waals surface area contributed by atoms with E-state index in [2.05, 4.69) is 0 Å². The van der Waals surface area contributed by atoms with Crippen LogP contribution in [0, 0.1) is 6.61 Å². The molecule has 2 nitrogen and oxygen atoms in total. The lowest BCUT2D eigenvalue weighted by atomic mass is 10.2. The van der Waals surface area contributed by atoms with Crippen molar-refractivity contribution in [2.45, 2.75) is 13.3 Å². The number of rotatable bonds is 4. The van der Waals surface area contributed by atoms with Crippen LogP contribution in [0.1, 0.15) is 18.9 Å². The van der Waals surface area contributed by atoms with E-state index >= 15 is 0 Å². The molecular weight excluding hydrogens is 176 g/mol. The molecule has 1 aromatic carbocycles. The van der Waals surface area contributed by atoms with E-state index in [1.54, 1.807) is 6.08 Å². The summed E-state index contributed by atoms with van der Waals surface area (Å²) in [6.07, 6.45) is 3.87. The molecule has 0 amide bonds. The predicted octanol–water partition coefficient (Wildman–Crippen LogP) is 2.81. The number of benzene rings is 1. The van der Waals surface area contributed by atoms with Gasteiger partial charge in [0.15, 0.2) is 0 Å². The van der Waals surface area contributed by atoms with Crippen LogP contribution in [0.4, 0.5) is 0 Å². The molecule has 0 saturated heterocycles. The van der Waals surface area contributed by atoms with E-state index in [1.807, 2.05) is 37.3 Å². The summed E-state index contributed by atoms with van der Waals surface area (Å²) in [5.74, 6) is -0.337. The zero-order chi connectivity index (χ0) is 10.2. The molecule has 0 aliphatic heterocycles. The molecule has 0 fully saturated rings. The molecule has 0 atom stereocenters. The number of carbonyl (C=O) groups is 1. The highest BCUT2D eigenvalue weighted by Crippen LogP contribution is 2.01. The molecule has 14 heavy (non-hydrogen) atoms. The van der Waals surface area contributed by atoms with Crippen molar-refractivity contribution >= 4 is 12.0 Å². The van der Waals surface area contributed by atoms with Crippen LogP contribution in [-0.4, -0.2) is 5.97 Å². The van der Waals surface area contributed by atoms with Crippen molar-refractivity contribution in [3.63, 3.8) is 0 Å². The molecule has 0 spiro atoms. The first kappa shape index (κ1) is 10.5. The topological polar surface area (TPSA) is 26.3 Å². The van der Waals surface area contributed by atoms with Gasteiger partial charge in [-0.05, 0) is 18.1 Å². The minimum Gasteiger partial charge on any atom is -0.455 e. The Morgan fingerprint density at radius 1 is 1.36 bits per heavy atom. The number of ether oxygens (including phenoxy) is 1. The monoisotopic (exact) mass is 189 g/mol. The molecule has 0 saturated carbocycles. The van der Waals surface area contributed by atoms with E-state index in [0.29, 0.717) is 0 Å². The maximum atomic E-state index is 11.0. The summed E-state index contributed by atoms with van der Waals surface area (Å²) in [7, 11) is 0. The first-order valence-corrected chi connectivity index (χ1v) is 4.58. The maximum Gasteiger partial charge on any atom is 0.331 e. The first-order chi connectivity index (χ1) is 6.83. The molecule has 0 N–H and O–H groups in total. The van der Waals surface area contributed by atoms with E-state index in [1.165, 1.54) is 12.7 Å². The standard InChI is InChI=1S/C12H13O2/c1-2-10-14-12(13)9-8-11-6-4-3-5-7-11/h3-10H,2H2,1H3/b9-8+. The molecule has 0 heterocycles. The maximum absolute atomic E-state index is 11.0. The van der Waals surface area contributed by atoms with E-state index in [4.69, 9.17) is 4.74 Å². The number of hydrogen-bond acceptors (Lipinski definition) is 2. The van der Waals surface area contributed by atoms with Gasteiger partial charge < -0.3 is 4.74 Å². The fourth-order valence-corrected chi connectivity index (χ4v) is 0.933. The number of carbonyl (C=O) groups excluding carboxylic acids is 1. The molecule has 1 aromatic rings. The van der Waals surface area contributed by atoms with Crippen molar-refractivity contribution in [3.8, 4) is 0 Å². The van der Waals surface area contributed by atoms with Gasteiger partial charge in [-0.25, -0.2) is 4.79 Å². The Hall–Kier alpha value is -1.57. The second kappa shape index (κ2) is 5.97. The Morgan fingerprint density at radius 3 is 2.71 bits per heavy atom. The van der Waals surface area contributed by atoms with E-state index < -0.39 is 0 Å². The van der Waals surface area contributed by atoms with Gasteiger partial charge in [0.05, 0.1) is 0 Å². The average Bonchev–Trinajstić information content (AvgIpc) is 2.25. The second-order valence-corrected chi connectivity index (χ2v) is 2.76. The molecule has 0 aromatic heterocycles. The Morgan fingerprint density at radius 2 is 2.07 bits per heavy atom. The van der Waals surface area contributed by atoms with Crippen LogP contribution in [0.3, 0.4) is 0 Å². The van der Waals surface area contributed by atoms with Crippen LogP contribution in [-0.2, 0) is 9.53 Å². The summed E-state index contributed by atoms with van der Waals surface area (Å²) < 4.78 is 4.76. The third-order valence-electron chi connectivity index (χ3n) is 1.58. The van der Waals surface area contributed by atoms with Gasteiger partial charge >= 0.3 is 5.97 Å². The third kappa shape index (κ3) is 3.90. The number of esters is 1. The largest absolute Gasteiger partial charge is 0.455 e. The Bertz CT molecular complexity index is 301. The highest BCUT2D eigenvalue weighted by atomic mass is 16.5. The van der Waals surface area contributed by atoms with Crippen molar-refractivity contribution in [2.24, 2.45) is 0 Å². The molecule has 73 valence electrons. The Labute approximate surface area is 84.2 Å². The van der Waals surface area contributed by atoms with Crippen LogP contribution in [0.25, 0.3) is 6.08 Å². The summed E-state index contributed by atoms with van der Waals surface area (Å²) in [6.45, 7) is 3.39. The van der Waals surface area contributed by atoms with Gasteiger partial charge in [0, 0.05) is 6.08 Å². The minimum absolute atomic E-state index is 0.337. The fourth-order valence-electron chi connectivity index (χ4n) is 0.933. The summed E-state index contributed by atoms with van der Waals surface area (Å²) in [5, 5.41) is 0. The normalized spacial score (nSPS) is 10.4. The summed E-state index contributed by atoms with van der Waals surface area (Å²) >= 11 is 0. The average molecular weight is 189 g/mol. The molecule has 0 bridgehead atoms. The van der Waals surface area contributed by atoms with E-state index in [0.717, 1.165) is 12.0 Å². The molecule has 0 unspecified atom stereocenters. The predicted molar refractivity (Wildman–Crippen MR) is 56.2 cm³/mol.